The third-order valence-electron chi connectivity index (χ3n) is 5.70. The molecule has 1 amide bonds. The Hall–Kier alpha value is -3.39. The van der Waals surface area contributed by atoms with Gasteiger partial charge in [-0.25, -0.2) is 0 Å². The normalized spacial score (nSPS) is 17.3. The van der Waals surface area contributed by atoms with Crippen LogP contribution in [0.5, 0.6) is 0 Å². The van der Waals surface area contributed by atoms with Crippen LogP contribution in [-0.4, -0.2) is 16.0 Å². The van der Waals surface area contributed by atoms with Crippen molar-refractivity contribution in [2.45, 2.75) is 19.0 Å². The summed E-state index contributed by atoms with van der Waals surface area (Å²) in [6.45, 7) is 1.47. The van der Waals surface area contributed by atoms with E-state index in [1.807, 2.05) is 71.6 Å². The second-order valence-corrected chi connectivity index (χ2v) is 9.20. The maximum atomic E-state index is 11.4. The standard InChI is InChI=1S/C26H20Cl2N4O2S/c1-15(33)30-16-8-10-17(11-9-16)32-25(24(31-26(32)35)20-7-2-3-14-29-20)22-13-12-21(34-22)18-5-4-6-19(27)23(18)28/h2-14,24-25H,1H3,(H,30,33)(H,31,35)/t24-,25-/m1/s1. The zero-order valence-electron chi connectivity index (χ0n) is 18.5. The minimum absolute atomic E-state index is 0.132. The van der Waals surface area contributed by atoms with E-state index in [1.54, 1.807) is 12.3 Å². The predicted molar refractivity (Wildman–Crippen MR) is 143 cm³/mol. The lowest BCUT2D eigenvalue weighted by Gasteiger charge is -2.26. The number of amides is 1. The van der Waals surface area contributed by atoms with Gasteiger partial charge in [0.2, 0.25) is 5.91 Å². The number of hydrogen-bond acceptors (Lipinski definition) is 4. The maximum absolute atomic E-state index is 11.4. The van der Waals surface area contributed by atoms with E-state index in [1.165, 1.54) is 6.92 Å². The van der Waals surface area contributed by atoms with E-state index in [4.69, 9.17) is 39.8 Å². The Balaban J connectivity index is 1.57. The van der Waals surface area contributed by atoms with Crippen LogP contribution in [0.2, 0.25) is 10.0 Å². The van der Waals surface area contributed by atoms with Gasteiger partial charge in [0, 0.05) is 30.1 Å². The monoisotopic (exact) mass is 522 g/mol. The first-order chi connectivity index (χ1) is 16.9. The highest BCUT2D eigenvalue weighted by atomic mass is 35.5. The van der Waals surface area contributed by atoms with Crippen LogP contribution < -0.4 is 15.5 Å². The zero-order chi connectivity index (χ0) is 24.5. The molecular weight excluding hydrogens is 503 g/mol. The number of benzene rings is 2. The molecule has 0 saturated carbocycles. The molecule has 2 aromatic carbocycles. The van der Waals surface area contributed by atoms with Crippen molar-refractivity contribution in [2.24, 2.45) is 0 Å². The number of rotatable bonds is 5. The summed E-state index contributed by atoms with van der Waals surface area (Å²) in [7, 11) is 0. The molecular formula is C26H20Cl2N4O2S. The molecule has 9 heteroatoms. The van der Waals surface area contributed by atoms with Gasteiger partial charge in [-0.05, 0) is 72.9 Å². The van der Waals surface area contributed by atoms with Crippen LogP contribution >= 0.6 is 35.4 Å². The minimum Gasteiger partial charge on any atom is -0.459 e. The molecule has 4 aromatic rings. The van der Waals surface area contributed by atoms with Crippen LogP contribution in [0.25, 0.3) is 11.3 Å². The van der Waals surface area contributed by atoms with Gasteiger partial charge in [-0.1, -0.05) is 35.3 Å². The lowest BCUT2D eigenvalue weighted by Crippen LogP contribution is -2.29. The van der Waals surface area contributed by atoms with E-state index < -0.39 is 0 Å². The van der Waals surface area contributed by atoms with E-state index >= 15 is 0 Å². The first-order valence-electron chi connectivity index (χ1n) is 10.8. The molecule has 0 aliphatic carbocycles. The first kappa shape index (κ1) is 23.4. The molecule has 5 rings (SSSR count). The van der Waals surface area contributed by atoms with Gasteiger partial charge in [0.15, 0.2) is 5.11 Å². The summed E-state index contributed by atoms with van der Waals surface area (Å²) < 4.78 is 6.35. The molecule has 2 aromatic heterocycles. The largest absolute Gasteiger partial charge is 0.459 e. The Morgan fingerprint density at radius 3 is 2.57 bits per heavy atom. The smallest absolute Gasteiger partial charge is 0.221 e. The summed E-state index contributed by atoms with van der Waals surface area (Å²) >= 11 is 18.4. The topological polar surface area (TPSA) is 70.4 Å². The average Bonchev–Trinajstić information content (AvgIpc) is 3.46. The van der Waals surface area contributed by atoms with Gasteiger partial charge >= 0.3 is 0 Å². The SMILES string of the molecule is CC(=O)Nc1ccc(N2C(=S)N[C@H](c3ccccn3)[C@H]2c2ccc(-c3cccc(Cl)c3Cl)o2)cc1. The van der Waals surface area contributed by atoms with Gasteiger partial charge < -0.3 is 20.0 Å². The van der Waals surface area contributed by atoms with Crippen LogP contribution in [0.1, 0.15) is 30.5 Å². The van der Waals surface area contributed by atoms with Crippen LogP contribution in [0.4, 0.5) is 11.4 Å². The van der Waals surface area contributed by atoms with Crippen LogP contribution in [0.15, 0.2) is 83.4 Å². The summed E-state index contributed by atoms with van der Waals surface area (Å²) in [5, 5.41) is 7.61. The van der Waals surface area contributed by atoms with Crippen LogP contribution in [0.3, 0.4) is 0 Å². The Morgan fingerprint density at radius 2 is 1.86 bits per heavy atom. The van der Waals surface area contributed by atoms with Crippen molar-refractivity contribution in [1.29, 1.82) is 0 Å². The highest BCUT2D eigenvalue weighted by Crippen LogP contribution is 2.44. The van der Waals surface area contributed by atoms with E-state index in [9.17, 15) is 4.79 Å². The van der Waals surface area contributed by atoms with Gasteiger partial charge in [0.25, 0.3) is 0 Å². The highest BCUT2D eigenvalue weighted by molar-refractivity contribution is 7.80. The Morgan fingerprint density at radius 1 is 1.06 bits per heavy atom. The second-order valence-electron chi connectivity index (χ2n) is 8.03. The molecule has 176 valence electrons. The number of nitrogens with one attached hydrogen (secondary N) is 2. The quantitative estimate of drug-likeness (QED) is 0.281. The molecule has 1 fully saturated rings. The van der Waals surface area contributed by atoms with E-state index in [-0.39, 0.29) is 18.0 Å². The van der Waals surface area contributed by atoms with E-state index in [2.05, 4.69) is 15.6 Å². The van der Waals surface area contributed by atoms with Gasteiger partial charge in [0.1, 0.15) is 17.6 Å². The Kier molecular flexibility index (Phi) is 6.47. The van der Waals surface area contributed by atoms with Crippen molar-refractivity contribution in [3.8, 4) is 11.3 Å². The molecule has 35 heavy (non-hydrogen) atoms. The third-order valence-corrected chi connectivity index (χ3v) is 6.83. The number of thiocarbonyl (C=S) groups is 1. The number of carbonyl (C=O) groups excluding carboxylic acids is 1. The molecule has 0 radical (unpaired) electrons. The summed E-state index contributed by atoms with van der Waals surface area (Å²) in [6, 6.07) is 21.9. The molecule has 1 aliphatic heterocycles. The zero-order valence-corrected chi connectivity index (χ0v) is 20.9. The number of furan rings is 1. The molecule has 0 unspecified atom stereocenters. The molecule has 3 heterocycles. The summed E-state index contributed by atoms with van der Waals surface area (Å²) in [5.41, 5.74) is 3.09. The highest BCUT2D eigenvalue weighted by Gasteiger charge is 2.42. The number of carbonyl (C=O) groups is 1. The maximum Gasteiger partial charge on any atom is 0.221 e. The molecule has 0 spiro atoms. The second kappa shape index (κ2) is 9.70. The van der Waals surface area contributed by atoms with Gasteiger partial charge in [0.05, 0.1) is 21.8 Å². The molecule has 2 N–H and O–H groups in total. The van der Waals surface area contributed by atoms with Crippen molar-refractivity contribution in [1.82, 2.24) is 10.3 Å². The predicted octanol–water partition coefficient (Wildman–Crippen LogP) is 6.78. The number of aromatic nitrogens is 1. The fraction of sp³-hybridized carbons (Fsp3) is 0.115. The van der Waals surface area contributed by atoms with Crippen molar-refractivity contribution in [3.05, 3.63) is 100 Å². The fourth-order valence-corrected chi connectivity index (χ4v) is 4.92. The average molecular weight is 523 g/mol. The number of hydrogen-bond donors (Lipinski definition) is 2. The number of nitrogens with zero attached hydrogens (tertiary/aromatic N) is 2. The fourth-order valence-electron chi connectivity index (χ4n) is 4.18. The molecule has 6 nitrogen and oxygen atoms in total. The van der Waals surface area contributed by atoms with Crippen LogP contribution in [0, 0.1) is 0 Å². The molecule has 0 bridgehead atoms. The van der Waals surface area contributed by atoms with Gasteiger partial charge in [-0.15, -0.1) is 0 Å². The van der Waals surface area contributed by atoms with Crippen molar-refractivity contribution < 1.29 is 9.21 Å². The molecule has 2 atom stereocenters. The number of halogens is 2. The number of pyridine rings is 1. The lowest BCUT2D eigenvalue weighted by molar-refractivity contribution is -0.114. The first-order valence-corrected chi connectivity index (χ1v) is 12.0. The van der Waals surface area contributed by atoms with Gasteiger partial charge in [-0.3, -0.25) is 9.78 Å². The summed E-state index contributed by atoms with van der Waals surface area (Å²) in [6.07, 6.45) is 1.75. The third kappa shape index (κ3) is 4.62. The minimum atomic E-state index is -0.323. The van der Waals surface area contributed by atoms with E-state index in [0.29, 0.717) is 37.9 Å². The Labute approximate surface area is 217 Å². The summed E-state index contributed by atoms with van der Waals surface area (Å²) in [5.74, 6) is 1.16. The lowest BCUT2D eigenvalue weighted by atomic mass is 10.0. The van der Waals surface area contributed by atoms with Crippen LogP contribution in [-0.2, 0) is 4.79 Å². The van der Waals surface area contributed by atoms with Crippen molar-refractivity contribution in [2.75, 3.05) is 10.2 Å². The molecule has 1 aliphatic rings. The van der Waals surface area contributed by atoms with Crippen molar-refractivity contribution in [3.63, 3.8) is 0 Å². The Bertz CT molecular complexity index is 1390. The van der Waals surface area contributed by atoms with E-state index in [0.717, 1.165) is 11.4 Å². The summed E-state index contributed by atoms with van der Waals surface area (Å²) in [4.78, 5) is 18.0. The van der Waals surface area contributed by atoms with Gasteiger partial charge in [-0.2, -0.15) is 0 Å². The molecule has 1 saturated heterocycles. The van der Waals surface area contributed by atoms with Crippen molar-refractivity contribution >= 4 is 57.8 Å². The number of anilines is 2.